The summed E-state index contributed by atoms with van der Waals surface area (Å²) in [4.78, 5) is 25.6. The van der Waals surface area contributed by atoms with Gasteiger partial charge in [0, 0.05) is 27.7 Å². The smallest absolute Gasteiger partial charge is 0.291 e. The van der Waals surface area contributed by atoms with E-state index >= 15 is 0 Å². The Morgan fingerprint density at radius 3 is 2.60 bits per heavy atom. The Morgan fingerprint density at radius 2 is 1.86 bits per heavy atom. The molecule has 8 heteroatoms. The van der Waals surface area contributed by atoms with Crippen molar-refractivity contribution < 1.29 is 18.7 Å². The van der Waals surface area contributed by atoms with Gasteiger partial charge in [-0.05, 0) is 78.5 Å². The summed E-state index contributed by atoms with van der Waals surface area (Å²) in [6, 6.07) is 14.5. The molecule has 182 valence electrons. The van der Waals surface area contributed by atoms with Gasteiger partial charge in [0.1, 0.15) is 11.5 Å². The highest BCUT2D eigenvalue weighted by Gasteiger charge is 2.28. The molecule has 3 aromatic rings. The maximum atomic E-state index is 13.0. The molecule has 1 aliphatic rings. The lowest BCUT2D eigenvalue weighted by molar-refractivity contribution is 0.0952. The molecule has 0 unspecified atom stereocenters. The number of carbonyl (C=O) groups excluding carboxylic acids is 2. The molecule has 1 heterocycles. The van der Waals surface area contributed by atoms with Crippen LogP contribution >= 0.6 is 15.9 Å². The third-order valence-electron chi connectivity index (χ3n) is 5.82. The second kappa shape index (κ2) is 11.4. The zero-order valence-electron chi connectivity index (χ0n) is 19.8. The van der Waals surface area contributed by atoms with Gasteiger partial charge in [-0.1, -0.05) is 25.5 Å². The first-order chi connectivity index (χ1) is 17.0. The van der Waals surface area contributed by atoms with Crippen LogP contribution in [0, 0.1) is 6.92 Å². The first kappa shape index (κ1) is 24.7. The minimum absolute atomic E-state index is 0.255. The molecule has 2 N–H and O–H groups in total. The Kier molecular flexibility index (Phi) is 8.02. The Morgan fingerprint density at radius 1 is 1.09 bits per heavy atom. The van der Waals surface area contributed by atoms with Crippen molar-refractivity contribution in [1.29, 1.82) is 0 Å². The van der Waals surface area contributed by atoms with Crippen LogP contribution in [0.1, 0.15) is 70.4 Å². The second-order valence-electron chi connectivity index (χ2n) is 8.37. The average Bonchev–Trinajstić information content (AvgIpc) is 3.21. The molecule has 2 aromatic carbocycles. The number of hydrogen-bond acceptors (Lipinski definition) is 5. The Labute approximate surface area is 213 Å². The van der Waals surface area contributed by atoms with Crippen molar-refractivity contribution in [2.45, 2.75) is 46.0 Å². The molecule has 0 spiro atoms. The third-order valence-corrected chi connectivity index (χ3v) is 6.51. The molecule has 0 bridgehead atoms. The number of benzene rings is 2. The second-order valence-corrected chi connectivity index (χ2v) is 9.22. The van der Waals surface area contributed by atoms with Crippen LogP contribution < -0.4 is 15.5 Å². The van der Waals surface area contributed by atoms with Crippen molar-refractivity contribution in [3.63, 3.8) is 0 Å². The number of hydrogen-bond donors (Lipinski definition) is 2. The number of nitrogens with zero attached hydrogens (tertiary/aromatic N) is 1. The zero-order chi connectivity index (χ0) is 24.8. The highest BCUT2D eigenvalue weighted by molar-refractivity contribution is 9.10. The molecular weight excluding hydrogens is 510 g/mol. The summed E-state index contributed by atoms with van der Waals surface area (Å²) in [5, 5.41) is 7.28. The maximum absolute atomic E-state index is 13.0. The number of unbranched alkanes of at least 4 members (excludes halogenated alkanes) is 1. The van der Waals surface area contributed by atoms with Crippen LogP contribution in [-0.4, -0.2) is 24.1 Å². The van der Waals surface area contributed by atoms with E-state index in [1.165, 1.54) is 0 Å². The number of hydrazone groups is 1. The number of amides is 2. The number of nitrogens with one attached hydrogen (secondary N) is 2. The molecule has 35 heavy (non-hydrogen) atoms. The van der Waals surface area contributed by atoms with Gasteiger partial charge in [-0.25, -0.2) is 5.43 Å². The van der Waals surface area contributed by atoms with E-state index in [2.05, 4.69) is 38.7 Å². The van der Waals surface area contributed by atoms with Gasteiger partial charge in [0.2, 0.25) is 0 Å². The van der Waals surface area contributed by atoms with Gasteiger partial charge in [-0.15, -0.1) is 0 Å². The summed E-state index contributed by atoms with van der Waals surface area (Å²) in [7, 11) is 0. The number of aryl methyl sites for hydroxylation is 1. The van der Waals surface area contributed by atoms with Crippen molar-refractivity contribution >= 4 is 39.1 Å². The van der Waals surface area contributed by atoms with E-state index in [0.717, 1.165) is 30.6 Å². The van der Waals surface area contributed by atoms with Crippen LogP contribution in [0.3, 0.4) is 0 Å². The van der Waals surface area contributed by atoms with Gasteiger partial charge >= 0.3 is 0 Å². The van der Waals surface area contributed by atoms with Crippen molar-refractivity contribution in [2.24, 2.45) is 5.10 Å². The lowest BCUT2D eigenvalue weighted by atomic mass is 9.93. The molecule has 1 aliphatic carbocycles. The Bertz CT molecular complexity index is 1250. The molecule has 0 saturated carbocycles. The van der Waals surface area contributed by atoms with Gasteiger partial charge in [0.15, 0.2) is 5.76 Å². The van der Waals surface area contributed by atoms with Gasteiger partial charge in [-0.2, -0.15) is 5.10 Å². The number of ether oxygens (including phenoxy) is 1. The van der Waals surface area contributed by atoms with Crippen molar-refractivity contribution in [3.8, 4) is 5.75 Å². The summed E-state index contributed by atoms with van der Waals surface area (Å²) in [6.07, 6.45) is 4.29. The molecule has 0 radical (unpaired) electrons. The van der Waals surface area contributed by atoms with E-state index in [0.29, 0.717) is 52.2 Å². The summed E-state index contributed by atoms with van der Waals surface area (Å²) < 4.78 is 12.3. The molecule has 0 fully saturated rings. The standard InChI is InChI=1S/C27H28BrN3O4/c1-3-4-16-34-19-14-12-18(13-15-19)29-27(33)25-17(2)24-22(10-7-11-23(24)35-25)30-31-26(32)20-8-5-6-9-21(20)28/h5-6,8-9,12-15H,3-4,7,10-11,16H2,1-2H3,(H,29,33)(H,31,32)/b30-22+. The Balaban J connectivity index is 1.48. The molecule has 1 aromatic heterocycles. The lowest BCUT2D eigenvalue weighted by Gasteiger charge is -2.13. The number of carbonyl (C=O) groups is 2. The van der Waals surface area contributed by atoms with E-state index in [1.807, 2.05) is 37.3 Å². The van der Waals surface area contributed by atoms with Crippen LogP contribution in [0.5, 0.6) is 5.75 Å². The summed E-state index contributed by atoms with van der Waals surface area (Å²) in [6.45, 7) is 4.63. The van der Waals surface area contributed by atoms with Gasteiger partial charge in [0.25, 0.3) is 11.8 Å². The molecule has 7 nitrogen and oxygen atoms in total. The van der Waals surface area contributed by atoms with Crippen LogP contribution in [0.2, 0.25) is 0 Å². The fraction of sp³-hybridized carbons (Fsp3) is 0.296. The zero-order valence-corrected chi connectivity index (χ0v) is 21.4. The Hall–Kier alpha value is -3.39. The van der Waals surface area contributed by atoms with Gasteiger partial charge in [0.05, 0.1) is 17.9 Å². The highest BCUT2D eigenvalue weighted by atomic mass is 79.9. The number of halogens is 1. The predicted molar refractivity (Wildman–Crippen MR) is 139 cm³/mol. The van der Waals surface area contributed by atoms with Crippen LogP contribution in [0.15, 0.2) is 62.5 Å². The van der Waals surface area contributed by atoms with E-state index < -0.39 is 0 Å². The minimum atomic E-state index is -0.326. The number of furan rings is 1. The third kappa shape index (κ3) is 5.82. The van der Waals surface area contributed by atoms with E-state index in [9.17, 15) is 9.59 Å². The van der Waals surface area contributed by atoms with Crippen molar-refractivity contribution in [3.05, 3.63) is 81.2 Å². The largest absolute Gasteiger partial charge is 0.494 e. The average molecular weight is 538 g/mol. The SMILES string of the molecule is CCCCOc1ccc(NC(=O)c2oc3c(c2C)/C(=N/NC(=O)c2ccccc2Br)CCC3)cc1. The molecule has 2 amide bonds. The lowest BCUT2D eigenvalue weighted by Crippen LogP contribution is -2.22. The molecular formula is C27H28BrN3O4. The first-order valence-electron chi connectivity index (χ1n) is 11.8. The molecule has 0 saturated heterocycles. The monoisotopic (exact) mass is 537 g/mol. The number of fused-ring (bicyclic) bond motifs is 1. The fourth-order valence-corrected chi connectivity index (χ4v) is 4.44. The van der Waals surface area contributed by atoms with Crippen molar-refractivity contribution in [2.75, 3.05) is 11.9 Å². The minimum Gasteiger partial charge on any atom is -0.494 e. The normalized spacial score (nSPS) is 13.9. The topological polar surface area (TPSA) is 92.9 Å². The first-order valence-corrected chi connectivity index (χ1v) is 12.6. The van der Waals surface area contributed by atoms with Crippen LogP contribution in [0.25, 0.3) is 0 Å². The molecule has 0 atom stereocenters. The number of rotatable bonds is 8. The molecule has 4 rings (SSSR count). The van der Waals surface area contributed by atoms with Crippen LogP contribution in [-0.2, 0) is 6.42 Å². The summed E-state index contributed by atoms with van der Waals surface area (Å²) >= 11 is 3.39. The van der Waals surface area contributed by atoms with E-state index in [-0.39, 0.29) is 17.6 Å². The van der Waals surface area contributed by atoms with Crippen LogP contribution in [0.4, 0.5) is 5.69 Å². The highest BCUT2D eigenvalue weighted by Crippen LogP contribution is 2.30. The molecule has 0 aliphatic heterocycles. The fourth-order valence-electron chi connectivity index (χ4n) is 3.98. The van der Waals surface area contributed by atoms with Gasteiger partial charge < -0.3 is 14.5 Å². The van der Waals surface area contributed by atoms with Gasteiger partial charge in [-0.3, -0.25) is 9.59 Å². The van der Waals surface area contributed by atoms with E-state index in [4.69, 9.17) is 9.15 Å². The summed E-state index contributed by atoms with van der Waals surface area (Å²) in [5.41, 5.74) is 6.02. The number of anilines is 1. The summed E-state index contributed by atoms with van der Waals surface area (Å²) in [5.74, 6) is 1.11. The quantitative estimate of drug-likeness (QED) is 0.262. The van der Waals surface area contributed by atoms with Crippen molar-refractivity contribution in [1.82, 2.24) is 5.43 Å². The van der Waals surface area contributed by atoms with E-state index in [1.54, 1.807) is 18.2 Å². The maximum Gasteiger partial charge on any atom is 0.291 e. The predicted octanol–water partition coefficient (Wildman–Crippen LogP) is 6.25.